The molecule has 2 heterocycles. The van der Waals surface area contributed by atoms with Crippen LogP contribution in [0.15, 0.2) is 36.8 Å². The van der Waals surface area contributed by atoms with Gasteiger partial charge in [0.1, 0.15) is 0 Å². The van der Waals surface area contributed by atoms with E-state index in [4.69, 9.17) is 16.7 Å². The number of carbonyl (C=O) groups is 1. The molecular formula is C11H7ClN2O2. The molecule has 0 spiro atoms. The van der Waals surface area contributed by atoms with Crippen LogP contribution in [0.3, 0.4) is 0 Å². The number of carboxylic acids is 1. The molecule has 80 valence electrons. The smallest absolute Gasteiger partial charge is 0.337 e. The molecule has 0 aliphatic heterocycles. The maximum absolute atomic E-state index is 11.0. The highest BCUT2D eigenvalue weighted by atomic mass is 35.5. The van der Waals surface area contributed by atoms with Crippen molar-refractivity contribution in [1.29, 1.82) is 0 Å². The molecule has 0 aliphatic rings. The third-order valence-corrected chi connectivity index (χ3v) is 2.37. The molecule has 16 heavy (non-hydrogen) atoms. The number of carboxylic acid groups (broad SMARTS) is 1. The summed E-state index contributed by atoms with van der Waals surface area (Å²) in [6, 6.07) is 4.93. The molecule has 0 aliphatic carbocycles. The maximum Gasteiger partial charge on any atom is 0.337 e. The number of halogens is 1. The van der Waals surface area contributed by atoms with Gasteiger partial charge in [0.15, 0.2) is 0 Å². The maximum atomic E-state index is 11.0. The summed E-state index contributed by atoms with van der Waals surface area (Å²) < 4.78 is 0. The first-order valence-corrected chi connectivity index (χ1v) is 4.86. The minimum Gasteiger partial charge on any atom is -0.478 e. The van der Waals surface area contributed by atoms with Crippen LogP contribution in [0, 0.1) is 0 Å². The summed E-state index contributed by atoms with van der Waals surface area (Å²) in [5.74, 6) is -1.05. The second-order valence-corrected chi connectivity index (χ2v) is 3.47. The highest BCUT2D eigenvalue weighted by Gasteiger charge is 2.14. The molecule has 0 fully saturated rings. The molecule has 0 amide bonds. The Morgan fingerprint density at radius 2 is 2.12 bits per heavy atom. The van der Waals surface area contributed by atoms with Crippen molar-refractivity contribution in [2.75, 3.05) is 0 Å². The van der Waals surface area contributed by atoms with Crippen molar-refractivity contribution in [3.63, 3.8) is 0 Å². The van der Waals surface area contributed by atoms with Gasteiger partial charge >= 0.3 is 5.97 Å². The monoisotopic (exact) mass is 234 g/mol. The average Bonchev–Trinajstić information content (AvgIpc) is 2.29. The summed E-state index contributed by atoms with van der Waals surface area (Å²) in [5, 5.41) is 9.42. The van der Waals surface area contributed by atoms with E-state index in [0.29, 0.717) is 16.3 Å². The van der Waals surface area contributed by atoms with Gasteiger partial charge in [0, 0.05) is 24.2 Å². The van der Waals surface area contributed by atoms with Crippen molar-refractivity contribution < 1.29 is 9.90 Å². The normalized spacial score (nSPS) is 10.1. The van der Waals surface area contributed by atoms with Crippen molar-refractivity contribution in [1.82, 2.24) is 9.97 Å². The Balaban J connectivity index is 2.65. The average molecular weight is 235 g/mol. The first-order valence-electron chi connectivity index (χ1n) is 4.48. The van der Waals surface area contributed by atoms with Gasteiger partial charge < -0.3 is 5.11 Å². The lowest BCUT2D eigenvalue weighted by Gasteiger charge is -2.05. The topological polar surface area (TPSA) is 63.1 Å². The fraction of sp³-hybridized carbons (Fsp3) is 0. The molecule has 4 nitrogen and oxygen atoms in total. The molecular weight excluding hydrogens is 228 g/mol. The lowest BCUT2D eigenvalue weighted by molar-refractivity contribution is 0.0697. The predicted octanol–water partition coefficient (Wildman–Crippen LogP) is 2.50. The number of hydrogen-bond donors (Lipinski definition) is 1. The number of aromatic nitrogens is 2. The standard InChI is InChI=1S/C11H7ClN2O2/c12-9-2-1-4-14-10(9)7-3-5-13-6-8(7)11(15)16/h1-6H,(H,15,16). The van der Waals surface area contributed by atoms with Crippen molar-refractivity contribution >= 4 is 17.6 Å². The van der Waals surface area contributed by atoms with Gasteiger partial charge in [-0.25, -0.2) is 4.79 Å². The summed E-state index contributed by atoms with van der Waals surface area (Å²) in [6.07, 6.45) is 4.35. The van der Waals surface area contributed by atoms with Crippen molar-refractivity contribution in [2.45, 2.75) is 0 Å². The van der Waals surface area contributed by atoms with Crippen LogP contribution in [-0.2, 0) is 0 Å². The van der Waals surface area contributed by atoms with Crippen LogP contribution in [0.1, 0.15) is 10.4 Å². The van der Waals surface area contributed by atoms with Gasteiger partial charge in [-0.1, -0.05) is 11.6 Å². The van der Waals surface area contributed by atoms with E-state index in [9.17, 15) is 4.79 Å². The summed E-state index contributed by atoms with van der Waals surface area (Å²) in [5.41, 5.74) is 1.00. The van der Waals surface area contributed by atoms with Crippen LogP contribution in [0.4, 0.5) is 0 Å². The lowest BCUT2D eigenvalue weighted by atomic mass is 10.1. The van der Waals surface area contributed by atoms with Crippen molar-refractivity contribution in [3.8, 4) is 11.3 Å². The molecule has 0 atom stereocenters. The van der Waals surface area contributed by atoms with Crippen LogP contribution in [-0.4, -0.2) is 21.0 Å². The van der Waals surface area contributed by atoms with E-state index >= 15 is 0 Å². The molecule has 0 saturated carbocycles. The Labute approximate surface area is 96.6 Å². The van der Waals surface area contributed by atoms with E-state index in [2.05, 4.69) is 9.97 Å². The largest absolute Gasteiger partial charge is 0.478 e. The van der Waals surface area contributed by atoms with E-state index in [1.807, 2.05) is 0 Å². The minimum atomic E-state index is -1.05. The second-order valence-electron chi connectivity index (χ2n) is 3.06. The molecule has 0 radical (unpaired) electrons. The number of pyridine rings is 2. The van der Waals surface area contributed by atoms with Gasteiger partial charge in [0.2, 0.25) is 0 Å². The van der Waals surface area contributed by atoms with Crippen LogP contribution in [0.2, 0.25) is 5.02 Å². The van der Waals surface area contributed by atoms with E-state index in [1.165, 1.54) is 12.4 Å². The number of hydrogen-bond acceptors (Lipinski definition) is 3. The van der Waals surface area contributed by atoms with Gasteiger partial charge in [0.25, 0.3) is 0 Å². The Morgan fingerprint density at radius 1 is 1.31 bits per heavy atom. The zero-order valence-electron chi connectivity index (χ0n) is 8.09. The highest BCUT2D eigenvalue weighted by molar-refractivity contribution is 6.33. The Morgan fingerprint density at radius 3 is 2.81 bits per heavy atom. The summed E-state index contributed by atoms with van der Waals surface area (Å²) in [6.45, 7) is 0. The first kappa shape index (κ1) is 10.6. The SMILES string of the molecule is O=C(O)c1cnccc1-c1ncccc1Cl. The molecule has 0 bridgehead atoms. The van der Waals surface area contributed by atoms with E-state index in [1.54, 1.807) is 24.4 Å². The zero-order chi connectivity index (χ0) is 11.5. The molecule has 5 heteroatoms. The quantitative estimate of drug-likeness (QED) is 0.867. The minimum absolute atomic E-state index is 0.0862. The van der Waals surface area contributed by atoms with Gasteiger partial charge in [0.05, 0.1) is 16.3 Å². The Bertz CT molecular complexity index is 543. The second kappa shape index (κ2) is 4.28. The van der Waals surface area contributed by atoms with Crippen LogP contribution >= 0.6 is 11.6 Å². The molecule has 2 aromatic rings. The molecule has 1 N–H and O–H groups in total. The highest BCUT2D eigenvalue weighted by Crippen LogP contribution is 2.27. The summed E-state index contributed by atoms with van der Waals surface area (Å²) in [7, 11) is 0. The Hall–Kier alpha value is -1.94. The summed E-state index contributed by atoms with van der Waals surface area (Å²) >= 11 is 5.96. The number of aromatic carboxylic acids is 1. The van der Waals surface area contributed by atoms with Gasteiger partial charge in [-0.2, -0.15) is 0 Å². The number of nitrogens with zero attached hydrogens (tertiary/aromatic N) is 2. The first-order chi connectivity index (χ1) is 7.70. The van der Waals surface area contributed by atoms with Gasteiger partial charge in [-0.15, -0.1) is 0 Å². The Kier molecular flexibility index (Phi) is 2.83. The molecule has 0 aromatic carbocycles. The van der Waals surface area contributed by atoms with Crippen LogP contribution < -0.4 is 0 Å². The fourth-order valence-electron chi connectivity index (χ4n) is 1.36. The summed E-state index contributed by atoms with van der Waals surface area (Å²) in [4.78, 5) is 18.8. The predicted molar refractivity (Wildman–Crippen MR) is 59.4 cm³/mol. The third kappa shape index (κ3) is 1.87. The van der Waals surface area contributed by atoms with E-state index in [-0.39, 0.29) is 5.56 Å². The van der Waals surface area contributed by atoms with E-state index in [0.717, 1.165) is 0 Å². The fourth-order valence-corrected chi connectivity index (χ4v) is 1.58. The zero-order valence-corrected chi connectivity index (χ0v) is 8.85. The van der Waals surface area contributed by atoms with Crippen molar-refractivity contribution in [3.05, 3.63) is 47.4 Å². The molecule has 2 rings (SSSR count). The van der Waals surface area contributed by atoms with E-state index < -0.39 is 5.97 Å². The third-order valence-electron chi connectivity index (χ3n) is 2.07. The molecule has 0 saturated heterocycles. The van der Waals surface area contributed by atoms with Crippen molar-refractivity contribution in [2.24, 2.45) is 0 Å². The molecule has 0 unspecified atom stereocenters. The van der Waals surface area contributed by atoms with Gasteiger partial charge in [-0.3, -0.25) is 9.97 Å². The lowest BCUT2D eigenvalue weighted by Crippen LogP contribution is -2.01. The number of rotatable bonds is 2. The van der Waals surface area contributed by atoms with Gasteiger partial charge in [-0.05, 0) is 18.2 Å². The van der Waals surface area contributed by atoms with Crippen LogP contribution in [0.5, 0.6) is 0 Å². The molecule has 2 aromatic heterocycles. The van der Waals surface area contributed by atoms with Crippen LogP contribution in [0.25, 0.3) is 11.3 Å².